The molecule has 0 aromatic heterocycles. The van der Waals surface area contributed by atoms with Gasteiger partial charge in [0.2, 0.25) is 0 Å². The summed E-state index contributed by atoms with van der Waals surface area (Å²) in [4.78, 5) is 0. The number of nitrogens with one attached hydrogen (secondary N) is 2. The Bertz CT molecular complexity index is 350. The molecule has 2 rings (SSSR count). The topological polar surface area (TPSA) is 27.3 Å². The summed E-state index contributed by atoms with van der Waals surface area (Å²) in [7, 11) is 1.94. The van der Waals surface area contributed by atoms with Crippen LogP contribution < -0.4 is 10.7 Å². The van der Waals surface area contributed by atoms with Crippen molar-refractivity contribution in [1.29, 1.82) is 0 Å². The van der Waals surface area contributed by atoms with Crippen LogP contribution in [0.2, 0.25) is 0 Å². The van der Waals surface area contributed by atoms with Crippen LogP contribution >= 0.6 is 0 Å². The van der Waals surface area contributed by atoms with Crippen molar-refractivity contribution in [3.63, 3.8) is 0 Å². The summed E-state index contributed by atoms with van der Waals surface area (Å²) in [6, 6.07) is 0.578. The SMILES string of the molecule is CNC1=CNN(C2CC(C)(C)CC(C)(C)C2)C=C1. The minimum absolute atomic E-state index is 0.426. The van der Waals surface area contributed by atoms with Crippen molar-refractivity contribution >= 4 is 0 Å². The third-order valence-corrected chi connectivity index (χ3v) is 4.00. The Labute approximate surface area is 111 Å². The van der Waals surface area contributed by atoms with E-state index in [0.29, 0.717) is 16.9 Å². The van der Waals surface area contributed by atoms with Gasteiger partial charge in [0.05, 0.1) is 11.7 Å². The Morgan fingerprint density at radius 2 is 1.83 bits per heavy atom. The molecule has 1 aliphatic carbocycles. The summed E-state index contributed by atoms with van der Waals surface area (Å²) >= 11 is 0. The quantitative estimate of drug-likeness (QED) is 0.788. The van der Waals surface area contributed by atoms with Crippen LogP contribution in [0.3, 0.4) is 0 Å². The molecule has 0 aromatic carbocycles. The number of likely N-dealkylation sites (N-methyl/N-ethyl adjacent to an activating group) is 1. The molecular weight excluding hydrogens is 222 g/mol. The summed E-state index contributed by atoms with van der Waals surface area (Å²) in [6.45, 7) is 9.57. The first-order valence-electron chi connectivity index (χ1n) is 6.92. The van der Waals surface area contributed by atoms with Gasteiger partial charge in [-0.15, -0.1) is 0 Å². The molecule has 0 amide bonds. The van der Waals surface area contributed by atoms with Gasteiger partial charge in [0, 0.05) is 19.4 Å². The van der Waals surface area contributed by atoms with Gasteiger partial charge in [-0.05, 0) is 36.2 Å². The summed E-state index contributed by atoms with van der Waals surface area (Å²) < 4.78 is 0. The smallest absolute Gasteiger partial charge is 0.0531 e. The second kappa shape index (κ2) is 4.52. The largest absolute Gasteiger partial charge is 0.387 e. The van der Waals surface area contributed by atoms with Crippen LogP contribution in [0.1, 0.15) is 47.0 Å². The highest BCUT2D eigenvalue weighted by Gasteiger charge is 2.40. The Kier molecular flexibility index (Phi) is 3.35. The zero-order chi connectivity index (χ0) is 13.4. The molecule has 0 unspecified atom stereocenters. The standard InChI is InChI=1S/C15H27N3/c1-14(2)8-13(9-15(3,4)11-14)18-7-6-12(16-5)10-17-18/h6-7,10,13,16-17H,8-9,11H2,1-5H3. The van der Waals surface area contributed by atoms with Gasteiger partial charge in [0.1, 0.15) is 0 Å². The van der Waals surface area contributed by atoms with Crippen LogP contribution in [-0.2, 0) is 0 Å². The summed E-state index contributed by atoms with van der Waals surface area (Å²) in [5.74, 6) is 0. The van der Waals surface area contributed by atoms with Gasteiger partial charge in [0.25, 0.3) is 0 Å². The van der Waals surface area contributed by atoms with E-state index in [4.69, 9.17) is 0 Å². The van der Waals surface area contributed by atoms with Gasteiger partial charge in [-0.1, -0.05) is 27.7 Å². The van der Waals surface area contributed by atoms with Gasteiger partial charge in [-0.2, -0.15) is 0 Å². The van der Waals surface area contributed by atoms with Gasteiger partial charge in [-0.3, -0.25) is 5.01 Å². The molecule has 1 saturated carbocycles. The average molecular weight is 249 g/mol. The first-order chi connectivity index (χ1) is 8.31. The molecule has 18 heavy (non-hydrogen) atoms. The minimum atomic E-state index is 0.426. The van der Waals surface area contributed by atoms with Crippen molar-refractivity contribution in [3.05, 3.63) is 24.2 Å². The first kappa shape index (κ1) is 13.3. The molecule has 3 heteroatoms. The van der Waals surface area contributed by atoms with Crippen molar-refractivity contribution < 1.29 is 0 Å². The van der Waals surface area contributed by atoms with Crippen molar-refractivity contribution in [2.24, 2.45) is 10.8 Å². The minimum Gasteiger partial charge on any atom is -0.387 e. The maximum Gasteiger partial charge on any atom is 0.0531 e. The number of allylic oxidation sites excluding steroid dienone is 1. The van der Waals surface area contributed by atoms with E-state index in [-0.39, 0.29) is 0 Å². The van der Waals surface area contributed by atoms with Crippen LogP contribution in [0.5, 0.6) is 0 Å². The number of hydrogen-bond acceptors (Lipinski definition) is 3. The second-order valence-corrected chi connectivity index (χ2v) is 7.27. The highest BCUT2D eigenvalue weighted by Crippen LogP contribution is 2.47. The predicted molar refractivity (Wildman–Crippen MR) is 76.5 cm³/mol. The van der Waals surface area contributed by atoms with Crippen LogP contribution in [0.15, 0.2) is 24.2 Å². The van der Waals surface area contributed by atoms with E-state index in [2.05, 4.69) is 55.7 Å². The molecule has 2 aliphatic rings. The molecule has 1 heterocycles. The third kappa shape index (κ3) is 3.01. The molecule has 0 aromatic rings. The van der Waals surface area contributed by atoms with Gasteiger partial charge >= 0.3 is 0 Å². The van der Waals surface area contributed by atoms with Crippen LogP contribution in [0, 0.1) is 10.8 Å². The number of rotatable bonds is 2. The lowest BCUT2D eigenvalue weighted by atomic mass is 9.63. The lowest BCUT2D eigenvalue weighted by Gasteiger charge is -2.48. The Morgan fingerprint density at radius 1 is 1.22 bits per heavy atom. The average Bonchev–Trinajstić information content (AvgIpc) is 2.25. The van der Waals surface area contributed by atoms with Crippen molar-refractivity contribution in [2.75, 3.05) is 7.05 Å². The molecule has 0 bridgehead atoms. The molecule has 3 nitrogen and oxygen atoms in total. The van der Waals surface area contributed by atoms with E-state index in [1.807, 2.05) is 13.2 Å². The maximum atomic E-state index is 3.39. The van der Waals surface area contributed by atoms with Gasteiger partial charge in [-0.25, -0.2) is 0 Å². The van der Waals surface area contributed by atoms with E-state index in [1.54, 1.807) is 0 Å². The fourth-order valence-electron chi connectivity index (χ4n) is 3.76. The van der Waals surface area contributed by atoms with Crippen LogP contribution in [0.4, 0.5) is 0 Å². The van der Waals surface area contributed by atoms with Crippen LogP contribution in [-0.4, -0.2) is 18.1 Å². The normalized spacial score (nSPS) is 26.5. The van der Waals surface area contributed by atoms with E-state index in [1.165, 1.54) is 19.3 Å². The lowest BCUT2D eigenvalue weighted by molar-refractivity contribution is 0.0306. The Hall–Kier alpha value is -1.12. The molecule has 0 radical (unpaired) electrons. The number of hydrogen-bond donors (Lipinski definition) is 2. The van der Waals surface area contributed by atoms with Gasteiger partial charge < -0.3 is 10.7 Å². The zero-order valence-corrected chi connectivity index (χ0v) is 12.4. The zero-order valence-electron chi connectivity index (χ0n) is 12.4. The van der Waals surface area contributed by atoms with Crippen molar-refractivity contribution in [3.8, 4) is 0 Å². The predicted octanol–water partition coefficient (Wildman–Crippen LogP) is 2.99. The summed E-state index contributed by atoms with van der Waals surface area (Å²) in [5, 5.41) is 5.41. The molecule has 1 fully saturated rings. The van der Waals surface area contributed by atoms with E-state index in [0.717, 1.165) is 5.70 Å². The van der Waals surface area contributed by atoms with Crippen molar-refractivity contribution in [2.45, 2.75) is 53.0 Å². The van der Waals surface area contributed by atoms with Gasteiger partial charge in [0.15, 0.2) is 0 Å². The van der Waals surface area contributed by atoms with E-state index < -0.39 is 0 Å². The fourth-order valence-corrected chi connectivity index (χ4v) is 3.76. The fraction of sp³-hybridized carbons (Fsp3) is 0.733. The van der Waals surface area contributed by atoms with E-state index in [9.17, 15) is 0 Å². The molecule has 0 spiro atoms. The number of hydrazine groups is 1. The number of nitrogens with zero attached hydrogens (tertiary/aromatic N) is 1. The first-order valence-corrected chi connectivity index (χ1v) is 6.92. The second-order valence-electron chi connectivity index (χ2n) is 7.27. The van der Waals surface area contributed by atoms with Crippen molar-refractivity contribution in [1.82, 2.24) is 15.8 Å². The molecule has 2 N–H and O–H groups in total. The lowest BCUT2D eigenvalue weighted by Crippen LogP contribution is -2.49. The molecule has 102 valence electrons. The third-order valence-electron chi connectivity index (χ3n) is 4.00. The van der Waals surface area contributed by atoms with E-state index >= 15 is 0 Å². The highest BCUT2D eigenvalue weighted by molar-refractivity contribution is 5.18. The highest BCUT2D eigenvalue weighted by atomic mass is 15.5. The molecule has 1 aliphatic heterocycles. The molecule has 0 saturated heterocycles. The summed E-state index contributed by atoms with van der Waals surface area (Å²) in [5.41, 5.74) is 5.36. The maximum absolute atomic E-state index is 3.39. The molecule has 0 atom stereocenters. The monoisotopic (exact) mass is 249 g/mol. The molecular formula is C15H27N3. The Morgan fingerprint density at radius 3 is 2.28 bits per heavy atom. The Balaban J connectivity index is 2.06. The van der Waals surface area contributed by atoms with Crippen LogP contribution in [0.25, 0.3) is 0 Å². The summed E-state index contributed by atoms with van der Waals surface area (Å²) in [6.07, 6.45) is 10.1.